The van der Waals surface area contributed by atoms with E-state index in [0.717, 1.165) is 25.7 Å². The highest BCUT2D eigenvalue weighted by molar-refractivity contribution is 7.89. The molecule has 152 valence electrons. The lowest BCUT2D eigenvalue weighted by molar-refractivity contribution is -0.157. The molecule has 1 aliphatic heterocycles. The zero-order valence-electron chi connectivity index (χ0n) is 16.0. The lowest BCUT2D eigenvalue weighted by atomic mass is 9.95. The van der Waals surface area contributed by atoms with E-state index in [-0.39, 0.29) is 16.8 Å². The third kappa shape index (κ3) is 4.80. The molecule has 2 atom stereocenters. The quantitative estimate of drug-likeness (QED) is 0.579. The summed E-state index contributed by atoms with van der Waals surface area (Å²) in [6, 6.07) is 6.05. The van der Waals surface area contributed by atoms with Crippen LogP contribution in [0, 0.1) is 5.92 Å². The van der Waals surface area contributed by atoms with E-state index < -0.39 is 22.0 Å². The molecule has 3 rings (SSSR count). The lowest BCUT2D eigenvalue weighted by Crippen LogP contribution is -2.32. The summed E-state index contributed by atoms with van der Waals surface area (Å²) >= 11 is 0. The molecule has 1 saturated heterocycles. The Labute approximate surface area is 165 Å². The Kier molecular flexibility index (Phi) is 6.51. The summed E-state index contributed by atoms with van der Waals surface area (Å²) < 4.78 is 31.8. The molecular weight excluding hydrogens is 380 g/mol. The number of rotatable bonds is 6. The van der Waals surface area contributed by atoms with E-state index in [1.54, 1.807) is 12.1 Å². The van der Waals surface area contributed by atoms with E-state index in [9.17, 15) is 18.0 Å². The van der Waals surface area contributed by atoms with Crippen molar-refractivity contribution in [2.45, 2.75) is 50.0 Å². The number of benzene rings is 1. The summed E-state index contributed by atoms with van der Waals surface area (Å²) in [5, 5.41) is 2.66. The summed E-state index contributed by atoms with van der Waals surface area (Å²) in [5.41, 5.74) is 0.453. The van der Waals surface area contributed by atoms with Gasteiger partial charge in [-0.05, 0) is 63.3 Å². The SMILES string of the molecule is C[C@@H](OC(=O)[C@H]1CC=CCC1)C(=O)Nc1ccc(S(=O)(=O)N2CCCC2)cc1. The third-order valence-corrected chi connectivity index (χ3v) is 7.00. The van der Waals surface area contributed by atoms with Crippen molar-refractivity contribution in [2.24, 2.45) is 5.92 Å². The van der Waals surface area contributed by atoms with Gasteiger partial charge in [-0.3, -0.25) is 9.59 Å². The second-order valence-electron chi connectivity index (χ2n) is 7.19. The zero-order valence-corrected chi connectivity index (χ0v) is 16.8. The smallest absolute Gasteiger partial charge is 0.310 e. The number of amides is 1. The van der Waals surface area contributed by atoms with Crippen LogP contribution in [0.3, 0.4) is 0 Å². The van der Waals surface area contributed by atoms with Crippen LogP contribution in [0.15, 0.2) is 41.3 Å². The summed E-state index contributed by atoms with van der Waals surface area (Å²) in [5.74, 6) is -1.01. The van der Waals surface area contributed by atoms with Crippen LogP contribution in [0.1, 0.15) is 39.0 Å². The molecule has 1 heterocycles. The van der Waals surface area contributed by atoms with Crippen molar-refractivity contribution in [1.29, 1.82) is 0 Å². The summed E-state index contributed by atoms with van der Waals surface area (Å²) in [6.45, 7) is 2.61. The number of anilines is 1. The number of allylic oxidation sites excluding steroid dienone is 2. The minimum atomic E-state index is -3.48. The Hall–Kier alpha value is -2.19. The number of nitrogens with one attached hydrogen (secondary N) is 1. The molecule has 1 aromatic carbocycles. The molecule has 0 saturated carbocycles. The monoisotopic (exact) mass is 406 g/mol. The normalized spacial score (nSPS) is 21.2. The van der Waals surface area contributed by atoms with Crippen molar-refractivity contribution in [2.75, 3.05) is 18.4 Å². The van der Waals surface area contributed by atoms with Crippen molar-refractivity contribution in [1.82, 2.24) is 4.31 Å². The van der Waals surface area contributed by atoms with Crippen LogP contribution in [-0.2, 0) is 24.3 Å². The van der Waals surface area contributed by atoms with E-state index >= 15 is 0 Å². The molecule has 0 spiro atoms. The van der Waals surface area contributed by atoms with Gasteiger partial charge in [0.05, 0.1) is 10.8 Å². The first-order chi connectivity index (χ1) is 13.4. The average molecular weight is 407 g/mol. The molecule has 1 aliphatic carbocycles. The first-order valence-corrected chi connectivity index (χ1v) is 11.1. The van der Waals surface area contributed by atoms with Crippen LogP contribution < -0.4 is 5.32 Å². The van der Waals surface area contributed by atoms with Crippen molar-refractivity contribution in [3.8, 4) is 0 Å². The van der Waals surface area contributed by atoms with Gasteiger partial charge in [0.2, 0.25) is 10.0 Å². The Balaban J connectivity index is 1.56. The van der Waals surface area contributed by atoms with Crippen LogP contribution in [0.4, 0.5) is 5.69 Å². The molecule has 7 nitrogen and oxygen atoms in total. The van der Waals surface area contributed by atoms with Crippen molar-refractivity contribution in [3.63, 3.8) is 0 Å². The number of carbonyl (C=O) groups excluding carboxylic acids is 2. The number of ether oxygens (including phenoxy) is 1. The van der Waals surface area contributed by atoms with Gasteiger partial charge in [0.1, 0.15) is 0 Å². The van der Waals surface area contributed by atoms with Gasteiger partial charge in [-0.2, -0.15) is 4.31 Å². The van der Waals surface area contributed by atoms with Crippen LogP contribution in [0.2, 0.25) is 0 Å². The molecule has 1 aromatic rings. The third-order valence-electron chi connectivity index (χ3n) is 5.09. The number of sulfonamides is 1. The van der Waals surface area contributed by atoms with Crippen molar-refractivity contribution < 1.29 is 22.7 Å². The Morgan fingerprint density at radius 2 is 1.82 bits per heavy atom. The fraction of sp³-hybridized carbons (Fsp3) is 0.500. The second kappa shape index (κ2) is 8.87. The molecule has 0 aromatic heterocycles. The van der Waals surface area contributed by atoms with Crippen LogP contribution in [0.5, 0.6) is 0 Å². The number of esters is 1. The minimum Gasteiger partial charge on any atom is -0.452 e. The average Bonchev–Trinajstić information content (AvgIpc) is 3.25. The van der Waals surface area contributed by atoms with Gasteiger partial charge < -0.3 is 10.1 Å². The van der Waals surface area contributed by atoms with Crippen molar-refractivity contribution >= 4 is 27.6 Å². The summed E-state index contributed by atoms with van der Waals surface area (Å²) in [4.78, 5) is 24.6. The van der Waals surface area contributed by atoms with Gasteiger partial charge >= 0.3 is 5.97 Å². The molecule has 8 heteroatoms. The van der Waals surface area contributed by atoms with Gasteiger partial charge in [-0.25, -0.2) is 8.42 Å². The molecule has 1 N–H and O–H groups in total. The Morgan fingerprint density at radius 1 is 1.14 bits per heavy atom. The standard InChI is InChI=1S/C20H26N2O5S/c1-15(27-20(24)16-7-3-2-4-8-16)19(23)21-17-9-11-18(12-10-17)28(25,26)22-13-5-6-14-22/h2-3,9-12,15-16H,4-8,13-14H2,1H3,(H,21,23)/t15-,16+/m1/s1. The first-order valence-electron chi connectivity index (χ1n) is 9.64. The Bertz CT molecular complexity index is 842. The number of hydrogen-bond donors (Lipinski definition) is 1. The minimum absolute atomic E-state index is 0.199. The lowest BCUT2D eigenvalue weighted by Gasteiger charge is -2.20. The van der Waals surface area contributed by atoms with Crippen LogP contribution >= 0.6 is 0 Å². The predicted molar refractivity (Wildman–Crippen MR) is 105 cm³/mol. The highest BCUT2D eigenvalue weighted by atomic mass is 32.2. The molecule has 1 amide bonds. The zero-order chi connectivity index (χ0) is 20.1. The highest BCUT2D eigenvalue weighted by Crippen LogP contribution is 2.23. The molecule has 0 radical (unpaired) electrons. The second-order valence-corrected chi connectivity index (χ2v) is 9.12. The van der Waals surface area contributed by atoms with Gasteiger partial charge in [0.15, 0.2) is 6.10 Å². The summed E-state index contributed by atoms with van der Waals surface area (Å²) in [7, 11) is -3.48. The maximum atomic E-state index is 12.5. The van der Waals surface area contributed by atoms with E-state index in [0.29, 0.717) is 25.2 Å². The van der Waals surface area contributed by atoms with E-state index in [2.05, 4.69) is 5.32 Å². The molecule has 0 unspecified atom stereocenters. The Morgan fingerprint density at radius 3 is 2.43 bits per heavy atom. The molecule has 0 bridgehead atoms. The van der Waals surface area contributed by atoms with E-state index in [4.69, 9.17) is 4.74 Å². The first kappa shape index (κ1) is 20.5. The molecule has 1 fully saturated rings. The van der Waals surface area contributed by atoms with Gasteiger partial charge in [0.25, 0.3) is 5.91 Å². The molecular formula is C20H26N2O5S. The van der Waals surface area contributed by atoms with E-state index in [1.807, 2.05) is 12.2 Å². The highest BCUT2D eigenvalue weighted by Gasteiger charge is 2.27. The van der Waals surface area contributed by atoms with Gasteiger partial charge in [-0.15, -0.1) is 0 Å². The van der Waals surface area contributed by atoms with Gasteiger partial charge in [-0.1, -0.05) is 12.2 Å². The number of nitrogens with zero attached hydrogens (tertiary/aromatic N) is 1. The topological polar surface area (TPSA) is 92.8 Å². The van der Waals surface area contributed by atoms with Gasteiger partial charge in [0, 0.05) is 18.8 Å². The largest absolute Gasteiger partial charge is 0.452 e. The predicted octanol–water partition coefficient (Wildman–Crippen LogP) is 2.70. The van der Waals surface area contributed by atoms with Crippen LogP contribution in [0.25, 0.3) is 0 Å². The fourth-order valence-corrected chi connectivity index (χ4v) is 4.88. The van der Waals surface area contributed by atoms with E-state index in [1.165, 1.54) is 23.4 Å². The number of carbonyl (C=O) groups is 2. The maximum absolute atomic E-state index is 12.5. The van der Waals surface area contributed by atoms with Crippen LogP contribution in [-0.4, -0.2) is 43.8 Å². The summed E-state index contributed by atoms with van der Waals surface area (Å²) in [6.07, 6.45) is 7.03. The maximum Gasteiger partial charge on any atom is 0.310 e. The fourth-order valence-electron chi connectivity index (χ4n) is 3.36. The molecule has 28 heavy (non-hydrogen) atoms. The van der Waals surface area contributed by atoms with Crippen molar-refractivity contribution in [3.05, 3.63) is 36.4 Å². The number of hydrogen-bond acceptors (Lipinski definition) is 5. The molecule has 2 aliphatic rings.